The van der Waals surface area contributed by atoms with E-state index in [1.807, 2.05) is 20.8 Å². The van der Waals surface area contributed by atoms with Crippen molar-refractivity contribution in [2.75, 3.05) is 0 Å². The van der Waals surface area contributed by atoms with Gasteiger partial charge in [0.15, 0.2) is 5.82 Å². The summed E-state index contributed by atoms with van der Waals surface area (Å²) in [6.07, 6.45) is 2.92. The van der Waals surface area contributed by atoms with E-state index in [-0.39, 0.29) is 12.2 Å². The molecule has 1 N–H and O–H groups in total. The fourth-order valence-electron chi connectivity index (χ4n) is 3.73. The summed E-state index contributed by atoms with van der Waals surface area (Å²) < 4.78 is 43.8. The summed E-state index contributed by atoms with van der Waals surface area (Å²) in [5, 5.41) is 9.31. The molecular formula is C31H36F3NO3. The maximum absolute atomic E-state index is 15.3. The number of hydrogen-bond donors (Lipinski definition) is 1. The number of allylic oxidation sites excluding steroid dienone is 3. The molecule has 1 aromatic heterocycles. The van der Waals surface area contributed by atoms with Crippen LogP contribution in [0.2, 0.25) is 0 Å². The van der Waals surface area contributed by atoms with Crippen molar-refractivity contribution in [3.63, 3.8) is 0 Å². The van der Waals surface area contributed by atoms with Crippen molar-refractivity contribution in [3.8, 4) is 0 Å². The second-order valence-corrected chi connectivity index (χ2v) is 8.23. The minimum absolute atomic E-state index is 0.0885. The molecule has 38 heavy (non-hydrogen) atoms. The zero-order valence-corrected chi connectivity index (χ0v) is 22.9. The quantitative estimate of drug-likeness (QED) is 0.314. The summed E-state index contributed by atoms with van der Waals surface area (Å²) in [7, 11) is 0. The summed E-state index contributed by atoms with van der Waals surface area (Å²) in [6.45, 7) is 16.0. The van der Waals surface area contributed by atoms with Gasteiger partial charge < -0.3 is 9.67 Å². The number of rotatable bonds is 7. The van der Waals surface area contributed by atoms with Crippen LogP contribution in [0.25, 0.3) is 16.7 Å². The van der Waals surface area contributed by atoms with Crippen LogP contribution in [0.4, 0.5) is 13.2 Å². The SMILES string of the molecule is C=C(/C(=C(\C)c1c(F)c(=O)c(C(=O)O)cn1CCC)c1ccc(F)cc1)c1ccc(F)cc1.CC.CCC. The van der Waals surface area contributed by atoms with E-state index in [4.69, 9.17) is 0 Å². The molecule has 0 aliphatic carbocycles. The number of aromatic nitrogens is 1. The monoisotopic (exact) mass is 527 g/mol. The number of hydrogen-bond acceptors (Lipinski definition) is 2. The van der Waals surface area contributed by atoms with E-state index < -0.39 is 34.4 Å². The molecule has 3 rings (SSSR count). The van der Waals surface area contributed by atoms with Gasteiger partial charge in [0.1, 0.15) is 17.2 Å². The molecule has 4 nitrogen and oxygen atoms in total. The lowest BCUT2D eigenvalue weighted by Gasteiger charge is -2.21. The van der Waals surface area contributed by atoms with Crippen LogP contribution >= 0.6 is 0 Å². The number of nitrogens with zero attached hydrogens (tertiary/aromatic N) is 1. The van der Waals surface area contributed by atoms with Gasteiger partial charge in [-0.25, -0.2) is 18.0 Å². The summed E-state index contributed by atoms with van der Waals surface area (Å²) in [6, 6.07) is 11.0. The summed E-state index contributed by atoms with van der Waals surface area (Å²) in [5.41, 5.74) is 0.171. The Balaban J connectivity index is 0.00000135. The van der Waals surface area contributed by atoms with Gasteiger partial charge in [0.2, 0.25) is 5.43 Å². The summed E-state index contributed by atoms with van der Waals surface area (Å²) in [5.74, 6) is -3.63. The van der Waals surface area contributed by atoms with E-state index in [0.29, 0.717) is 34.3 Å². The predicted octanol–water partition coefficient (Wildman–Crippen LogP) is 8.46. The number of carboxylic acids is 1. The second kappa shape index (κ2) is 15.4. The van der Waals surface area contributed by atoms with Gasteiger partial charge in [-0.2, -0.15) is 0 Å². The standard InChI is InChI=1S/C26H22F3NO3.C3H8.C2H6/c1-4-13-30-14-21(26(32)33)25(31)23(29)24(30)16(3)22(18-7-11-20(28)12-8-18)15(2)17-5-9-19(27)10-6-17;1-3-2;1-2/h5-12,14H,2,4,13H2,1,3H3,(H,32,33);3H2,1-2H3;1-2H3/b22-16-;;. The Kier molecular flexibility index (Phi) is 13.0. The van der Waals surface area contributed by atoms with Gasteiger partial charge in [-0.3, -0.25) is 4.79 Å². The number of carbonyl (C=O) groups is 1. The molecule has 0 fully saturated rings. The third kappa shape index (κ3) is 7.81. The van der Waals surface area contributed by atoms with E-state index in [2.05, 4.69) is 20.4 Å². The smallest absolute Gasteiger partial charge is 0.341 e. The zero-order valence-electron chi connectivity index (χ0n) is 22.9. The molecule has 0 radical (unpaired) electrons. The number of aryl methyl sites for hydroxylation is 1. The van der Waals surface area contributed by atoms with Crippen LogP contribution in [-0.4, -0.2) is 15.6 Å². The van der Waals surface area contributed by atoms with Gasteiger partial charge in [0.25, 0.3) is 0 Å². The van der Waals surface area contributed by atoms with Crippen molar-refractivity contribution in [2.24, 2.45) is 0 Å². The third-order valence-electron chi connectivity index (χ3n) is 5.28. The van der Waals surface area contributed by atoms with Gasteiger partial charge in [-0.15, -0.1) is 0 Å². The van der Waals surface area contributed by atoms with Gasteiger partial charge >= 0.3 is 5.97 Å². The van der Waals surface area contributed by atoms with Gasteiger partial charge in [0.05, 0.1) is 5.69 Å². The molecule has 0 bridgehead atoms. The number of pyridine rings is 1. The van der Waals surface area contributed by atoms with Crippen molar-refractivity contribution in [1.82, 2.24) is 4.57 Å². The van der Waals surface area contributed by atoms with Crippen molar-refractivity contribution in [1.29, 1.82) is 0 Å². The normalized spacial score (nSPS) is 10.9. The number of carboxylic acid groups (broad SMARTS) is 1. The van der Waals surface area contributed by atoms with Crippen molar-refractivity contribution < 1.29 is 23.1 Å². The van der Waals surface area contributed by atoms with Crippen molar-refractivity contribution in [3.05, 3.63) is 111 Å². The minimum Gasteiger partial charge on any atom is -0.477 e. The van der Waals surface area contributed by atoms with Gasteiger partial charge in [-0.05, 0) is 65.5 Å². The minimum atomic E-state index is -1.52. The molecule has 0 aliphatic heterocycles. The van der Waals surface area contributed by atoms with Crippen LogP contribution in [-0.2, 0) is 6.54 Å². The fraction of sp³-hybridized carbons (Fsp3) is 0.290. The third-order valence-corrected chi connectivity index (χ3v) is 5.28. The Bertz CT molecular complexity index is 1320. The highest BCUT2D eigenvalue weighted by Gasteiger charge is 2.23. The summed E-state index contributed by atoms with van der Waals surface area (Å²) >= 11 is 0. The fourth-order valence-corrected chi connectivity index (χ4v) is 3.73. The largest absolute Gasteiger partial charge is 0.477 e. The topological polar surface area (TPSA) is 59.3 Å². The molecule has 7 heteroatoms. The molecule has 204 valence electrons. The highest BCUT2D eigenvalue weighted by atomic mass is 19.1. The Labute approximate surface area is 222 Å². The molecule has 0 amide bonds. The number of halogens is 3. The summed E-state index contributed by atoms with van der Waals surface area (Å²) in [4.78, 5) is 23.9. The first-order chi connectivity index (χ1) is 18.1. The highest BCUT2D eigenvalue weighted by Crippen LogP contribution is 2.37. The Morgan fingerprint density at radius 2 is 1.34 bits per heavy atom. The lowest BCUT2D eigenvalue weighted by molar-refractivity contribution is 0.0693. The van der Waals surface area contributed by atoms with Crippen LogP contribution in [0.5, 0.6) is 0 Å². The van der Waals surface area contributed by atoms with Crippen LogP contribution in [0.15, 0.2) is 66.1 Å². The van der Waals surface area contributed by atoms with Crippen molar-refractivity contribution >= 4 is 22.7 Å². The van der Waals surface area contributed by atoms with E-state index in [1.165, 1.54) is 59.5 Å². The van der Waals surface area contributed by atoms with Crippen LogP contribution in [0, 0.1) is 17.5 Å². The number of aromatic carboxylic acids is 1. The molecular weight excluding hydrogens is 491 g/mol. The molecule has 3 aromatic rings. The first kappa shape index (κ1) is 32.2. The molecule has 0 atom stereocenters. The predicted molar refractivity (Wildman–Crippen MR) is 150 cm³/mol. The van der Waals surface area contributed by atoms with E-state index in [0.717, 1.165) is 6.20 Å². The van der Waals surface area contributed by atoms with E-state index in [1.54, 1.807) is 6.92 Å². The molecule has 0 aliphatic rings. The lowest BCUT2D eigenvalue weighted by Crippen LogP contribution is -2.24. The van der Waals surface area contributed by atoms with Gasteiger partial charge in [0, 0.05) is 12.7 Å². The zero-order chi connectivity index (χ0) is 29.0. The van der Waals surface area contributed by atoms with Crippen molar-refractivity contribution in [2.45, 2.75) is 60.9 Å². The lowest BCUT2D eigenvalue weighted by atomic mass is 9.88. The van der Waals surface area contributed by atoms with Crippen LogP contribution in [0.1, 0.15) is 81.6 Å². The maximum atomic E-state index is 15.3. The maximum Gasteiger partial charge on any atom is 0.341 e. The van der Waals surface area contributed by atoms with Gasteiger partial charge in [-0.1, -0.05) is 71.9 Å². The van der Waals surface area contributed by atoms with Crippen LogP contribution in [0.3, 0.4) is 0 Å². The molecule has 0 unspecified atom stereocenters. The Morgan fingerprint density at radius 3 is 1.76 bits per heavy atom. The second-order valence-electron chi connectivity index (χ2n) is 8.23. The van der Waals surface area contributed by atoms with E-state index >= 15 is 4.39 Å². The average molecular weight is 528 g/mol. The molecule has 0 spiro atoms. The molecule has 2 aromatic carbocycles. The number of benzene rings is 2. The first-order valence-electron chi connectivity index (χ1n) is 12.7. The molecule has 0 saturated carbocycles. The molecule has 0 saturated heterocycles. The highest BCUT2D eigenvalue weighted by molar-refractivity contribution is 6.13. The van der Waals surface area contributed by atoms with E-state index in [9.17, 15) is 23.5 Å². The first-order valence-corrected chi connectivity index (χ1v) is 12.7. The van der Waals surface area contributed by atoms with Crippen LogP contribution < -0.4 is 5.43 Å². The Hall–Kier alpha value is -3.87. The molecule has 1 heterocycles. The average Bonchev–Trinajstić information content (AvgIpc) is 2.89. The Morgan fingerprint density at radius 1 is 0.895 bits per heavy atom.